The number of anilines is 1. The summed E-state index contributed by atoms with van der Waals surface area (Å²) in [5.74, 6) is -1.15. The van der Waals surface area contributed by atoms with Crippen LogP contribution in [0, 0.1) is 11.3 Å². The van der Waals surface area contributed by atoms with Gasteiger partial charge in [-0.25, -0.2) is 13.4 Å². The second-order valence-electron chi connectivity index (χ2n) is 2.82. The molecule has 0 aliphatic rings. The normalized spacial score (nSPS) is 11.9. The predicted molar refractivity (Wildman–Crippen MR) is 53.1 cm³/mol. The Bertz CT molecular complexity index is 623. The van der Waals surface area contributed by atoms with Crippen LogP contribution in [0.4, 0.5) is 18.9 Å². The van der Waals surface area contributed by atoms with E-state index in [1.807, 2.05) is 0 Å². The standard InChI is InChI=1S/C7H3ClF3N3O3S/c8-18(15,16)6-4(13)5(17-7(9,10)11)3(1-12)2-14-6/h2H,13H2. The molecule has 1 aromatic heterocycles. The molecule has 0 unspecified atom stereocenters. The monoisotopic (exact) mass is 301 g/mol. The van der Waals surface area contributed by atoms with Gasteiger partial charge in [-0.05, 0) is 0 Å². The lowest BCUT2D eigenvalue weighted by atomic mass is 10.2. The van der Waals surface area contributed by atoms with Crippen molar-refractivity contribution in [1.29, 1.82) is 5.26 Å². The molecule has 0 aliphatic heterocycles. The van der Waals surface area contributed by atoms with E-state index in [9.17, 15) is 21.6 Å². The van der Waals surface area contributed by atoms with E-state index in [4.69, 9.17) is 21.7 Å². The molecule has 98 valence electrons. The van der Waals surface area contributed by atoms with Gasteiger partial charge >= 0.3 is 6.36 Å². The minimum absolute atomic E-state index is 0.562. The highest BCUT2D eigenvalue weighted by Gasteiger charge is 2.35. The predicted octanol–water partition coefficient (Wildman–Crippen LogP) is 1.36. The van der Waals surface area contributed by atoms with E-state index in [0.717, 1.165) is 0 Å². The summed E-state index contributed by atoms with van der Waals surface area (Å²) in [6.07, 6.45) is -4.58. The fourth-order valence-electron chi connectivity index (χ4n) is 0.993. The van der Waals surface area contributed by atoms with Gasteiger partial charge < -0.3 is 10.5 Å². The molecule has 0 spiro atoms. The van der Waals surface area contributed by atoms with E-state index in [-0.39, 0.29) is 0 Å². The van der Waals surface area contributed by atoms with Crippen molar-refractivity contribution in [2.75, 3.05) is 5.73 Å². The molecule has 2 N–H and O–H groups in total. The number of nitrogens with zero attached hydrogens (tertiary/aromatic N) is 2. The highest BCUT2D eigenvalue weighted by molar-refractivity contribution is 8.13. The Morgan fingerprint density at radius 3 is 2.44 bits per heavy atom. The summed E-state index contributed by atoms with van der Waals surface area (Å²) in [5, 5.41) is 7.55. The molecule has 0 radical (unpaired) electrons. The molecular formula is C7H3ClF3N3O3S. The van der Waals surface area contributed by atoms with Gasteiger partial charge in [-0.3, -0.25) is 0 Å². The Hall–Kier alpha value is -1.73. The Kier molecular flexibility index (Phi) is 3.59. The number of hydrogen-bond donors (Lipinski definition) is 1. The minimum Gasteiger partial charge on any atom is -0.402 e. The van der Waals surface area contributed by atoms with Crippen LogP contribution in [0.1, 0.15) is 5.56 Å². The number of nitrogens with two attached hydrogens (primary N) is 1. The molecule has 0 bridgehead atoms. The van der Waals surface area contributed by atoms with Crippen molar-refractivity contribution in [3.05, 3.63) is 11.8 Å². The number of halogens is 4. The topological polar surface area (TPSA) is 106 Å². The van der Waals surface area contributed by atoms with Crippen LogP contribution in [0.2, 0.25) is 0 Å². The Labute approximate surface area is 103 Å². The molecule has 6 nitrogen and oxygen atoms in total. The van der Waals surface area contributed by atoms with Gasteiger partial charge in [0, 0.05) is 10.7 Å². The van der Waals surface area contributed by atoms with Gasteiger partial charge in [0.1, 0.15) is 17.3 Å². The zero-order valence-electron chi connectivity index (χ0n) is 8.19. The van der Waals surface area contributed by atoms with Crippen LogP contribution in [0.3, 0.4) is 0 Å². The third kappa shape index (κ3) is 3.14. The van der Waals surface area contributed by atoms with Crippen LogP contribution in [0.15, 0.2) is 11.2 Å². The van der Waals surface area contributed by atoms with E-state index in [2.05, 4.69) is 9.72 Å². The zero-order valence-corrected chi connectivity index (χ0v) is 9.77. The van der Waals surface area contributed by atoms with E-state index in [0.29, 0.717) is 6.20 Å². The van der Waals surface area contributed by atoms with Crippen molar-refractivity contribution in [2.24, 2.45) is 0 Å². The van der Waals surface area contributed by atoms with E-state index in [1.165, 1.54) is 6.07 Å². The number of hydrogen-bond acceptors (Lipinski definition) is 6. The van der Waals surface area contributed by atoms with Crippen molar-refractivity contribution < 1.29 is 26.3 Å². The van der Waals surface area contributed by atoms with Gasteiger partial charge in [0.15, 0.2) is 10.8 Å². The quantitative estimate of drug-likeness (QED) is 0.827. The van der Waals surface area contributed by atoms with E-state index >= 15 is 0 Å². The molecule has 0 amide bonds. The second-order valence-corrected chi connectivity index (χ2v) is 5.30. The van der Waals surface area contributed by atoms with E-state index < -0.39 is 37.4 Å². The first-order valence-corrected chi connectivity index (χ1v) is 6.26. The number of nitrogen functional groups attached to an aromatic ring is 1. The molecule has 18 heavy (non-hydrogen) atoms. The highest BCUT2D eigenvalue weighted by Crippen LogP contribution is 2.35. The third-order valence-corrected chi connectivity index (χ3v) is 2.83. The number of rotatable bonds is 2. The Morgan fingerprint density at radius 2 is 2.06 bits per heavy atom. The molecule has 1 aromatic rings. The molecule has 1 heterocycles. The lowest BCUT2D eigenvalue weighted by molar-refractivity contribution is -0.274. The van der Waals surface area contributed by atoms with Crippen LogP contribution in [0.5, 0.6) is 5.75 Å². The smallest absolute Gasteiger partial charge is 0.402 e. The molecule has 1 rings (SSSR count). The largest absolute Gasteiger partial charge is 0.573 e. The maximum absolute atomic E-state index is 12.1. The van der Waals surface area contributed by atoms with Crippen LogP contribution >= 0.6 is 10.7 Å². The van der Waals surface area contributed by atoms with Crippen molar-refractivity contribution in [3.63, 3.8) is 0 Å². The fraction of sp³-hybridized carbons (Fsp3) is 0.143. The van der Waals surface area contributed by atoms with Gasteiger partial charge in [0.05, 0.1) is 6.20 Å². The molecule has 0 saturated carbocycles. The number of pyridine rings is 1. The number of ether oxygens (including phenoxy) is 1. The van der Waals surface area contributed by atoms with Crippen LogP contribution in [-0.4, -0.2) is 19.8 Å². The summed E-state index contributed by atoms with van der Waals surface area (Å²) in [6.45, 7) is 0. The second kappa shape index (κ2) is 4.51. The molecular weight excluding hydrogens is 299 g/mol. The molecule has 11 heteroatoms. The first-order chi connectivity index (χ1) is 8.06. The average molecular weight is 302 g/mol. The maximum atomic E-state index is 12.1. The lowest BCUT2D eigenvalue weighted by Crippen LogP contribution is -2.20. The van der Waals surface area contributed by atoms with Gasteiger partial charge in [-0.1, -0.05) is 0 Å². The Balaban J connectivity index is 3.53. The van der Waals surface area contributed by atoms with Crippen molar-refractivity contribution in [1.82, 2.24) is 4.98 Å². The molecule has 0 saturated heterocycles. The van der Waals surface area contributed by atoms with Crippen LogP contribution < -0.4 is 10.5 Å². The first kappa shape index (κ1) is 14.3. The summed E-state index contributed by atoms with van der Waals surface area (Å²) in [6, 6.07) is 1.33. The summed E-state index contributed by atoms with van der Waals surface area (Å²) in [4.78, 5) is 3.20. The van der Waals surface area contributed by atoms with E-state index in [1.54, 1.807) is 0 Å². The van der Waals surface area contributed by atoms with Crippen LogP contribution in [0.25, 0.3) is 0 Å². The summed E-state index contributed by atoms with van der Waals surface area (Å²) in [7, 11) is 0.455. The van der Waals surface area contributed by atoms with Crippen molar-refractivity contribution in [2.45, 2.75) is 11.4 Å². The maximum Gasteiger partial charge on any atom is 0.573 e. The Morgan fingerprint density at radius 1 is 1.50 bits per heavy atom. The highest BCUT2D eigenvalue weighted by atomic mass is 35.7. The van der Waals surface area contributed by atoms with Gasteiger partial charge in [-0.15, -0.1) is 13.2 Å². The average Bonchev–Trinajstić information content (AvgIpc) is 2.17. The first-order valence-electron chi connectivity index (χ1n) is 3.95. The SMILES string of the molecule is N#Cc1cnc(S(=O)(=O)Cl)c(N)c1OC(F)(F)F. The minimum atomic E-state index is -5.14. The fourth-order valence-corrected chi connectivity index (χ4v) is 1.90. The number of alkyl halides is 3. The molecule has 0 atom stereocenters. The summed E-state index contributed by atoms with van der Waals surface area (Å²) in [5.41, 5.74) is 3.49. The summed E-state index contributed by atoms with van der Waals surface area (Å²) >= 11 is 0. The van der Waals surface area contributed by atoms with Crippen molar-refractivity contribution >= 4 is 25.4 Å². The van der Waals surface area contributed by atoms with Crippen LogP contribution in [-0.2, 0) is 9.05 Å². The molecule has 0 fully saturated rings. The lowest BCUT2D eigenvalue weighted by Gasteiger charge is -2.13. The van der Waals surface area contributed by atoms with Gasteiger partial charge in [0.2, 0.25) is 0 Å². The summed E-state index contributed by atoms with van der Waals surface area (Å²) < 4.78 is 61.7. The van der Waals surface area contributed by atoms with Crippen molar-refractivity contribution in [3.8, 4) is 11.8 Å². The van der Waals surface area contributed by atoms with Gasteiger partial charge in [0.25, 0.3) is 9.05 Å². The number of aromatic nitrogens is 1. The number of nitriles is 1. The molecule has 0 aliphatic carbocycles. The molecule has 0 aromatic carbocycles. The van der Waals surface area contributed by atoms with Gasteiger partial charge in [-0.2, -0.15) is 5.26 Å². The third-order valence-electron chi connectivity index (χ3n) is 1.60. The zero-order chi connectivity index (χ0) is 14.1.